The molecule has 0 amide bonds. The van der Waals surface area contributed by atoms with Crippen LogP contribution in [0.4, 0.5) is 0 Å². The molecule has 0 aromatic carbocycles. The van der Waals surface area contributed by atoms with Gasteiger partial charge in [0, 0.05) is 26.2 Å². The number of morpholine rings is 1. The molecule has 2 fully saturated rings. The Morgan fingerprint density at radius 2 is 2.21 bits per heavy atom. The molecule has 2 N–H and O–H groups in total. The van der Waals surface area contributed by atoms with E-state index < -0.39 is 0 Å². The Bertz CT molecular complexity index is 178. The third kappa shape index (κ3) is 3.09. The van der Waals surface area contributed by atoms with Gasteiger partial charge in [-0.2, -0.15) is 0 Å². The highest BCUT2D eigenvalue weighted by atomic mass is 35.5. The second-order valence-electron chi connectivity index (χ2n) is 4.46. The molecule has 84 valence electrons. The van der Waals surface area contributed by atoms with E-state index in [1.54, 1.807) is 0 Å². The van der Waals surface area contributed by atoms with Crippen molar-refractivity contribution < 1.29 is 4.74 Å². The van der Waals surface area contributed by atoms with Gasteiger partial charge in [0.2, 0.25) is 0 Å². The maximum absolute atomic E-state index is 5.59. The van der Waals surface area contributed by atoms with Gasteiger partial charge in [-0.3, -0.25) is 4.90 Å². The molecule has 3 atom stereocenters. The van der Waals surface area contributed by atoms with Crippen LogP contribution in [-0.4, -0.2) is 43.8 Å². The lowest BCUT2D eigenvalue weighted by atomic mass is 10.2. The molecule has 1 aliphatic heterocycles. The minimum Gasteiger partial charge on any atom is -0.374 e. The predicted octanol–water partition coefficient (Wildman–Crippen LogP) is 0.724. The van der Waals surface area contributed by atoms with E-state index in [1.807, 2.05) is 0 Å². The zero-order chi connectivity index (χ0) is 9.26. The summed E-state index contributed by atoms with van der Waals surface area (Å²) in [5.41, 5.74) is 5.59. The molecule has 0 aromatic rings. The maximum Gasteiger partial charge on any atom is 0.0824 e. The van der Waals surface area contributed by atoms with Gasteiger partial charge in [-0.15, -0.1) is 12.4 Å². The van der Waals surface area contributed by atoms with Crippen LogP contribution >= 0.6 is 12.4 Å². The zero-order valence-electron chi connectivity index (χ0n) is 8.82. The topological polar surface area (TPSA) is 38.5 Å². The van der Waals surface area contributed by atoms with Gasteiger partial charge in [-0.25, -0.2) is 0 Å². The van der Waals surface area contributed by atoms with Crippen LogP contribution in [0.5, 0.6) is 0 Å². The summed E-state index contributed by atoms with van der Waals surface area (Å²) in [6.07, 6.45) is 1.70. The third-order valence-electron chi connectivity index (χ3n) is 3.25. The summed E-state index contributed by atoms with van der Waals surface area (Å²) in [7, 11) is 0. The Balaban J connectivity index is 0.000000980. The van der Waals surface area contributed by atoms with E-state index in [2.05, 4.69) is 11.8 Å². The Hall–Kier alpha value is 0.170. The standard InChI is InChI=1S/C10H20N2O.ClH/c1-8-4-9(8)6-12-2-3-13-10(5-11)7-12;/h8-10H,2-7,11H2,1H3;1H. The summed E-state index contributed by atoms with van der Waals surface area (Å²) in [5.74, 6) is 1.91. The van der Waals surface area contributed by atoms with Crippen molar-refractivity contribution in [1.29, 1.82) is 0 Å². The van der Waals surface area contributed by atoms with E-state index in [4.69, 9.17) is 10.5 Å². The summed E-state index contributed by atoms with van der Waals surface area (Å²) in [4.78, 5) is 2.51. The van der Waals surface area contributed by atoms with Gasteiger partial charge in [0.25, 0.3) is 0 Å². The smallest absolute Gasteiger partial charge is 0.0824 e. The zero-order valence-corrected chi connectivity index (χ0v) is 9.63. The number of nitrogens with two attached hydrogens (primary N) is 1. The molecule has 1 heterocycles. The number of hydrogen-bond acceptors (Lipinski definition) is 3. The summed E-state index contributed by atoms with van der Waals surface area (Å²) >= 11 is 0. The quantitative estimate of drug-likeness (QED) is 0.762. The van der Waals surface area contributed by atoms with E-state index in [-0.39, 0.29) is 18.5 Å². The largest absolute Gasteiger partial charge is 0.374 e. The molecule has 3 unspecified atom stereocenters. The maximum atomic E-state index is 5.59. The molecule has 1 saturated heterocycles. The molecule has 3 nitrogen and oxygen atoms in total. The molecule has 0 bridgehead atoms. The fourth-order valence-corrected chi connectivity index (χ4v) is 2.07. The second kappa shape index (κ2) is 5.31. The van der Waals surface area contributed by atoms with Crippen molar-refractivity contribution in [3.8, 4) is 0 Å². The van der Waals surface area contributed by atoms with Gasteiger partial charge in [-0.05, 0) is 18.3 Å². The molecular weight excluding hydrogens is 200 g/mol. The number of rotatable bonds is 3. The Morgan fingerprint density at radius 1 is 1.50 bits per heavy atom. The molecule has 2 rings (SSSR count). The van der Waals surface area contributed by atoms with Gasteiger partial charge in [0.1, 0.15) is 0 Å². The van der Waals surface area contributed by atoms with Crippen LogP contribution in [0.2, 0.25) is 0 Å². The van der Waals surface area contributed by atoms with Crippen molar-refractivity contribution >= 4 is 12.4 Å². The van der Waals surface area contributed by atoms with Crippen LogP contribution in [0.15, 0.2) is 0 Å². The van der Waals surface area contributed by atoms with Gasteiger partial charge in [0.05, 0.1) is 12.7 Å². The number of nitrogens with zero attached hydrogens (tertiary/aromatic N) is 1. The van der Waals surface area contributed by atoms with Crippen molar-refractivity contribution in [1.82, 2.24) is 4.90 Å². The summed E-state index contributed by atoms with van der Waals surface area (Å²) in [6, 6.07) is 0. The first kappa shape index (κ1) is 12.2. The molecule has 0 aromatic heterocycles. The minimum atomic E-state index is 0. The van der Waals surface area contributed by atoms with Crippen molar-refractivity contribution in [2.45, 2.75) is 19.4 Å². The van der Waals surface area contributed by atoms with E-state index in [0.717, 1.165) is 31.5 Å². The number of ether oxygens (including phenoxy) is 1. The molecule has 1 saturated carbocycles. The number of halogens is 1. The SMILES string of the molecule is CC1CC1CN1CCOC(CN)C1.Cl. The van der Waals surface area contributed by atoms with E-state index in [9.17, 15) is 0 Å². The van der Waals surface area contributed by atoms with Crippen LogP contribution < -0.4 is 5.73 Å². The summed E-state index contributed by atoms with van der Waals surface area (Å²) < 4.78 is 5.52. The van der Waals surface area contributed by atoms with Crippen molar-refractivity contribution in [3.05, 3.63) is 0 Å². The average Bonchev–Trinajstić information content (AvgIpc) is 2.82. The fourth-order valence-electron chi connectivity index (χ4n) is 2.07. The lowest BCUT2D eigenvalue weighted by molar-refractivity contribution is -0.0248. The van der Waals surface area contributed by atoms with E-state index >= 15 is 0 Å². The first-order valence-electron chi connectivity index (χ1n) is 5.33. The van der Waals surface area contributed by atoms with Gasteiger partial charge >= 0.3 is 0 Å². The van der Waals surface area contributed by atoms with Crippen LogP contribution in [0.3, 0.4) is 0 Å². The van der Waals surface area contributed by atoms with Crippen LogP contribution in [-0.2, 0) is 4.74 Å². The van der Waals surface area contributed by atoms with E-state index in [0.29, 0.717) is 6.54 Å². The van der Waals surface area contributed by atoms with Gasteiger partial charge in [-0.1, -0.05) is 6.92 Å². The lowest BCUT2D eigenvalue weighted by Gasteiger charge is -2.32. The van der Waals surface area contributed by atoms with Gasteiger partial charge in [0.15, 0.2) is 0 Å². The van der Waals surface area contributed by atoms with Crippen molar-refractivity contribution in [3.63, 3.8) is 0 Å². The Kier molecular flexibility index (Phi) is 4.64. The highest BCUT2D eigenvalue weighted by Gasteiger charge is 2.34. The fraction of sp³-hybridized carbons (Fsp3) is 1.00. The average molecular weight is 221 g/mol. The van der Waals surface area contributed by atoms with Crippen LogP contribution in [0.25, 0.3) is 0 Å². The molecule has 0 radical (unpaired) electrons. The monoisotopic (exact) mass is 220 g/mol. The van der Waals surface area contributed by atoms with Crippen molar-refractivity contribution in [2.75, 3.05) is 32.8 Å². The highest BCUT2D eigenvalue weighted by molar-refractivity contribution is 5.85. The Morgan fingerprint density at radius 3 is 2.79 bits per heavy atom. The summed E-state index contributed by atoms with van der Waals surface area (Å²) in [5, 5.41) is 0. The minimum absolute atomic E-state index is 0. The predicted molar refractivity (Wildman–Crippen MR) is 59.8 cm³/mol. The third-order valence-corrected chi connectivity index (χ3v) is 3.25. The second-order valence-corrected chi connectivity index (χ2v) is 4.46. The van der Waals surface area contributed by atoms with Gasteiger partial charge < -0.3 is 10.5 Å². The summed E-state index contributed by atoms with van der Waals surface area (Å²) in [6.45, 7) is 7.27. The normalized spacial score (nSPS) is 37.7. The molecule has 4 heteroatoms. The first-order chi connectivity index (χ1) is 6.29. The van der Waals surface area contributed by atoms with Crippen molar-refractivity contribution in [2.24, 2.45) is 17.6 Å². The molecule has 14 heavy (non-hydrogen) atoms. The Labute approximate surface area is 92.4 Å². The molecular formula is C10H21ClN2O. The molecule has 1 aliphatic carbocycles. The molecule has 0 spiro atoms. The van der Waals surface area contributed by atoms with Crippen LogP contribution in [0.1, 0.15) is 13.3 Å². The van der Waals surface area contributed by atoms with Crippen LogP contribution in [0, 0.1) is 11.8 Å². The first-order valence-corrected chi connectivity index (χ1v) is 5.33. The number of hydrogen-bond donors (Lipinski definition) is 1. The van der Waals surface area contributed by atoms with E-state index in [1.165, 1.54) is 13.0 Å². The lowest BCUT2D eigenvalue weighted by Crippen LogP contribution is -2.46. The molecule has 2 aliphatic rings. The highest BCUT2D eigenvalue weighted by Crippen LogP contribution is 2.38.